The van der Waals surface area contributed by atoms with Crippen LogP contribution in [0.1, 0.15) is 20.7 Å². The van der Waals surface area contributed by atoms with Crippen molar-refractivity contribution in [2.24, 2.45) is 0 Å². The second-order valence-electron chi connectivity index (χ2n) is 6.85. The van der Waals surface area contributed by atoms with Gasteiger partial charge in [0, 0.05) is 24.8 Å². The highest BCUT2D eigenvalue weighted by molar-refractivity contribution is 7.22. The van der Waals surface area contributed by atoms with E-state index in [-0.39, 0.29) is 11.8 Å². The predicted molar refractivity (Wildman–Crippen MR) is 124 cm³/mol. The van der Waals surface area contributed by atoms with Gasteiger partial charge in [-0.2, -0.15) is 0 Å². The zero-order valence-electron chi connectivity index (χ0n) is 16.9. The van der Waals surface area contributed by atoms with Crippen LogP contribution in [0.3, 0.4) is 0 Å². The lowest BCUT2D eigenvalue weighted by Gasteiger charge is -2.07. The van der Waals surface area contributed by atoms with Gasteiger partial charge in [-0.1, -0.05) is 47.7 Å². The van der Waals surface area contributed by atoms with Crippen molar-refractivity contribution < 1.29 is 14.3 Å². The van der Waals surface area contributed by atoms with Crippen LogP contribution in [0, 0.1) is 0 Å². The number of fused-ring (bicyclic) bond motifs is 1. The topological polar surface area (TPSA) is 80.3 Å². The summed E-state index contributed by atoms with van der Waals surface area (Å²) in [4.78, 5) is 29.3. The molecule has 0 saturated carbocycles. The monoisotopic (exact) mass is 431 g/mol. The largest absolute Gasteiger partial charge is 0.383 e. The van der Waals surface area contributed by atoms with Crippen LogP contribution in [0.5, 0.6) is 0 Å². The van der Waals surface area contributed by atoms with Crippen molar-refractivity contribution in [1.29, 1.82) is 0 Å². The molecule has 0 atom stereocenters. The molecule has 1 heterocycles. The smallest absolute Gasteiger partial charge is 0.257 e. The van der Waals surface area contributed by atoms with E-state index in [0.717, 1.165) is 21.3 Å². The van der Waals surface area contributed by atoms with Crippen LogP contribution < -0.4 is 10.6 Å². The zero-order valence-corrected chi connectivity index (χ0v) is 17.7. The van der Waals surface area contributed by atoms with Crippen LogP contribution in [0.4, 0.5) is 5.13 Å². The number of nitrogens with one attached hydrogen (secondary N) is 2. The van der Waals surface area contributed by atoms with Crippen LogP contribution in [0.25, 0.3) is 21.3 Å². The molecule has 0 aliphatic heterocycles. The Morgan fingerprint density at radius 3 is 2.48 bits per heavy atom. The molecule has 0 bridgehead atoms. The first-order chi connectivity index (χ1) is 15.1. The number of benzene rings is 3. The number of carbonyl (C=O) groups excluding carboxylic acids is 2. The van der Waals surface area contributed by atoms with Crippen molar-refractivity contribution in [2.75, 3.05) is 25.6 Å². The van der Waals surface area contributed by atoms with Crippen LogP contribution in [0.2, 0.25) is 0 Å². The molecule has 6 nitrogen and oxygen atoms in total. The Labute approximate surface area is 183 Å². The van der Waals surface area contributed by atoms with Crippen molar-refractivity contribution in [2.45, 2.75) is 0 Å². The molecule has 0 unspecified atom stereocenters. The molecule has 0 fully saturated rings. The summed E-state index contributed by atoms with van der Waals surface area (Å²) in [6.07, 6.45) is 0. The van der Waals surface area contributed by atoms with E-state index < -0.39 is 0 Å². The molecule has 2 amide bonds. The second kappa shape index (κ2) is 9.51. The summed E-state index contributed by atoms with van der Waals surface area (Å²) in [6.45, 7) is 0.927. The minimum Gasteiger partial charge on any atom is -0.383 e. The molecule has 4 rings (SSSR count). The van der Waals surface area contributed by atoms with Crippen LogP contribution in [-0.4, -0.2) is 37.1 Å². The fourth-order valence-corrected chi connectivity index (χ4v) is 3.97. The van der Waals surface area contributed by atoms with Gasteiger partial charge in [-0.25, -0.2) is 4.98 Å². The quantitative estimate of drug-likeness (QED) is 0.420. The highest BCUT2D eigenvalue weighted by Crippen LogP contribution is 2.30. The number of anilines is 1. The Bertz CT molecular complexity index is 1220. The molecule has 0 aliphatic rings. The Balaban J connectivity index is 1.54. The summed E-state index contributed by atoms with van der Waals surface area (Å²) < 4.78 is 5.94. The van der Waals surface area contributed by atoms with Crippen LogP contribution >= 0.6 is 11.3 Å². The van der Waals surface area contributed by atoms with Gasteiger partial charge in [-0.3, -0.25) is 14.9 Å². The second-order valence-corrected chi connectivity index (χ2v) is 7.88. The number of methoxy groups -OCH3 is 1. The highest BCUT2D eigenvalue weighted by Gasteiger charge is 2.11. The fraction of sp³-hybridized carbons (Fsp3) is 0.125. The molecule has 3 aromatic carbocycles. The molecular weight excluding hydrogens is 410 g/mol. The molecule has 7 heteroatoms. The van der Waals surface area contributed by atoms with Gasteiger partial charge in [0.15, 0.2) is 5.13 Å². The van der Waals surface area contributed by atoms with E-state index in [1.807, 2.05) is 54.6 Å². The summed E-state index contributed by atoms with van der Waals surface area (Å²) in [5.74, 6) is -0.327. The summed E-state index contributed by atoms with van der Waals surface area (Å²) in [6, 6.07) is 22.4. The van der Waals surface area contributed by atoms with Gasteiger partial charge in [0.05, 0.1) is 16.8 Å². The lowest BCUT2D eigenvalue weighted by molar-refractivity contribution is 0.0936. The lowest BCUT2D eigenvalue weighted by Crippen LogP contribution is -2.26. The fourth-order valence-electron chi connectivity index (χ4n) is 3.13. The van der Waals surface area contributed by atoms with Gasteiger partial charge < -0.3 is 10.1 Å². The van der Waals surface area contributed by atoms with Gasteiger partial charge in [0.2, 0.25) is 0 Å². The molecular formula is C24H21N3O3S. The van der Waals surface area contributed by atoms with Crippen molar-refractivity contribution in [3.8, 4) is 11.1 Å². The van der Waals surface area contributed by atoms with Crippen LogP contribution in [0.15, 0.2) is 72.8 Å². The van der Waals surface area contributed by atoms with E-state index in [1.165, 1.54) is 11.3 Å². The maximum atomic E-state index is 12.4. The minimum atomic E-state index is -0.188. The third-order valence-electron chi connectivity index (χ3n) is 4.69. The third-order valence-corrected chi connectivity index (χ3v) is 5.65. The van der Waals surface area contributed by atoms with Gasteiger partial charge in [-0.15, -0.1) is 0 Å². The minimum absolute atomic E-state index is 0.139. The lowest BCUT2D eigenvalue weighted by atomic mass is 10.0. The molecule has 0 aliphatic carbocycles. The normalized spacial score (nSPS) is 10.7. The molecule has 0 spiro atoms. The average molecular weight is 432 g/mol. The standard InChI is InChI=1S/C24H21N3O3S/c1-30-13-12-25-22(28)19-9-5-8-17(14-19)18-10-11-21-20(15-18)26-24(31-21)27-23(29)16-6-3-2-4-7-16/h2-11,14-15H,12-13H2,1H3,(H,25,28)(H,26,27,29). The Morgan fingerprint density at radius 2 is 1.68 bits per heavy atom. The Hall–Kier alpha value is -3.55. The van der Waals surface area contributed by atoms with E-state index in [2.05, 4.69) is 15.6 Å². The predicted octanol–water partition coefficient (Wildman–Crippen LogP) is 4.59. The summed E-state index contributed by atoms with van der Waals surface area (Å²) >= 11 is 1.42. The first-order valence-electron chi connectivity index (χ1n) is 9.78. The Morgan fingerprint density at radius 1 is 0.903 bits per heavy atom. The SMILES string of the molecule is COCCNC(=O)c1cccc(-c2ccc3sc(NC(=O)c4ccccc4)nc3c2)c1. The van der Waals surface area contributed by atoms with Gasteiger partial charge in [0.1, 0.15) is 0 Å². The number of nitrogens with zero attached hydrogens (tertiary/aromatic N) is 1. The molecule has 1 aromatic heterocycles. The summed E-state index contributed by atoms with van der Waals surface area (Å²) in [5, 5.41) is 6.24. The average Bonchev–Trinajstić information content (AvgIpc) is 3.21. The number of carbonyl (C=O) groups is 2. The van der Waals surface area contributed by atoms with Gasteiger partial charge in [0.25, 0.3) is 11.8 Å². The number of hydrogen-bond acceptors (Lipinski definition) is 5. The van der Waals surface area contributed by atoms with Crippen molar-refractivity contribution in [3.63, 3.8) is 0 Å². The van der Waals surface area contributed by atoms with E-state index in [0.29, 0.717) is 29.4 Å². The van der Waals surface area contributed by atoms with Crippen molar-refractivity contribution in [3.05, 3.63) is 83.9 Å². The highest BCUT2D eigenvalue weighted by atomic mass is 32.1. The zero-order chi connectivity index (χ0) is 21.6. The number of thiazole rings is 1. The number of hydrogen-bond donors (Lipinski definition) is 2. The first-order valence-corrected chi connectivity index (χ1v) is 10.6. The number of ether oxygens (including phenoxy) is 1. The number of amides is 2. The molecule has 156 valence electrons. The van der Waals surface area contributed by atoms with Crippen molar-refractivity contribution in [1.82, 2.24) is 10.3 Å². The maximum Gasteiger partial charge on any atom is 0.257 e. The molecule has 4 aromatic rings. The van der Waals surface area contributed by atoms with E-state index in [9.17, 15) is 9.59 Å². The number of aromatic nitrogens is 1. The van der Waals surface area contributed by atoms with Crippen molar-refractivity contribution >= 4 is 38.5 Å². The molecule has 0 saturated heterocycles. The molecule has 0 radical (unpaired) electrons. The Kier molecular flexibility index (Phi) is 6.35. The molecule has 2 N–H and O–H groups in total. The van der Waals surface area contributed by atoms with E-state index >= 15 is 0 Å². The molecule has 31 heavy (non-hydrogen) atoms. The van der Waals surface area contributed by atoms with Gasteiger partial charge in [-0.05, 0) is 47.5 Å². The summed E-state index contributed by atoms with van der Waals surface area (Å²) in [7, 11) is 1.60. The van der Waals surface area contributed by atoms with E-state index in [1.54, 1.807) is 25.3 Å². The number of rotatable bonds is 7. The summed E-state index contributed by atoms with van der Waals surface area (Å²) in [5.41, 5.74) is 3.83. The van der Waals surface area contributed by atoms with E-state index in [4.69, 9.17) is 4.74 Å². The first kappa shape index (κ1) is 20.7. The van der Waals surface area contributed by atoms with Crippen LogP contribution in [-0.2, 0) is 4.74 Å². The third kappa shape index (κ3) is 4.96. The van der Waals surface area contributed by atoms with Gasteiger partial charge >= 0.3 is 0 Å². The maximum absolute atomic E-state index is 12.4.